The van der Waals surface area contributed by atoms with Crippen LogP contribution in [0.1, 0.15) is 13.8 Å². The molecular weight excluding hydrogens is 210 g/mol. The summed E-state index contributed by atoms with van der Waals surface area (Å²) in [6, 6.07) is 0.0329. The lowest BCUT2D eigenvalue weighted by atomic mass is 10.1. The van der Waals surface area contributed by atoms with Gasteiger partial charge >= 0.3 is 0 Å². The average Bonchev–Trinajstić information content (AvgIpc) is 2.68. The molecule has 0 unspecified atom stereocenters. The number of nitrogens with zero attached hydrogens (tertiary/aromatic N) is 1. The Balaban J connectivity index is 1.86. The highest BCUT2D eigenvalue weighted by Crippen LogP contribution is 2.40. The molecule has 3 atom stereocenters. The van der Waals surface area contributed by atoms with Crippen LogP contribution in [-0.4, -0.2) is 49.4 Å². The van der Waals surface area contributed by atoms with E-state index in [-0.39, 0.29) is 18.2 Å². The van der Waals surface area contributed by atoms with Crippen molar-refractivity contribution in [2.24, 2.45) is 0 Å². The maximum atomic E-state index is 5.91. The van der Waals surface area contributed by atoms with Gasteiger partial charge in [-0.1, -0.05) is 0 Å². The fraction of sp³-hybridized carbons (Fsp3) is 0.818. The summed E-state index contributed by atoms with van der Waals surface area (Å²) in [5.74, 6) is 0.414. The second-order valence-electron chi connectivity index (χ2n) is 4.79. The van der Waals surface area contributed by atoms with E-state index >= 15 is 0 Å². The van der Waals surface area contributed by atoms with Crippen LogP contribution in [0.5, 0.6) is 0 Å². The van der Waals surface area contributed by atoms with Crippen LogP contribution in [-0.2, 0) is 19.0 Å². The molecule has 0 aromatic rings. The lowest BCUT2D eigenvalue weighted by molar-refractivity contribution is -0.221. The molecule has 0 aromatic heterocycles. The largest absolute Gasteiger partial charge is 0.499 e. The molecule has 0 bridgehead atoms. The van der Waals surface area contributed by atoms with E-state index in [0.29, 0.717) is 6.61 Å². The smallest absolute Gasteiger partial charge is 0.163 e. The van der Waals surface area contributed by atoms with Gasteiger partial charge in [0, 0.05) is 0 Å². The van der Waals surface area contributed by atoms with Crippen LogP contribution >= 0.6 is 0 Å². The first-order valence-electron chi connectivity index (χ1n) is 5.60. The van der Waals surface area contributed by atoms with Crippen LogP contribution in [0.4, 0.5) is 0 Å². The molecule has 3 rings (SSSR count). The van der Waals surface area contributed by atoms with Crippen LogP contribution in [0.15, 0.2) is 11.8 Å². The fourth-order valence-electron chi connectivity index (χ4n) is 2.70. The maximum absolute atomic E-state index is 5.91. The van der Waals surface area contributed by atoms with Gasteiger partial charge < -0.3 is 14.2 Å². The Kier molecular flexibility index (Phi) is 2.26. The second-order valence-corrected chi connectivity index (χ2v) is 4.79. The van der Waals surface area contributed by atoms with E-state index in [1.54, 1.807) is 7.11 Å². The fourth-order valence-corrected chi connectivity index (χ4v) is 2.70. The lowest BCUT2D eigenvalue weighted by Crippen LogP contribution is -2.42. The maximum Gasteiger partial charge on any atom is 0.163 e. The Hall–Kier alpha value is -0.620. The normalized spacial score (nSPS) is 41.4. The highest BCUT2D eigenvalue weighted by atomic mass is 16.8. The number of hydrogen-bond donors (Lipinski definition) is 0. The molecule has 5 heteroatoms. The Labute approximate surface area is 94.8 Å². The lowest BCUT2D eigenvalue weighted by Gasteiger charge is -2.32. The molecule has 90 valence electrons. The van der Waals surface area contributed by atoms with Gasteiger partial charge in [-0.2, -0.15) is 5.06 Å². The van der Waals surface area contributed by atoms with E-state index in [9.17, 15) is 0 Å². The van der Waals surface area contributed by atoms with Gasteiger partial charge in [-0.05, 0) is 19.9 Å². The van der Waals surface area contributed by atoms with Gasteiger partial charge in [-0.3, -0.25) is 4.84 Å². The van der Waals surface area contributed by atoms with Gasteiger partial charge in [0.25, 0.3) is 0 Å². The number of methoxy groups -OCH3 is 1. The van der Waals surface area contributed by atoms with E-state index < -0.39 is 5.79 Å². The van der Waals surface area contributed by atoms with Gasteiger partial charge in [0.15, 0.2) is 5.79 Å². The van der Waals surface area contributed by atoms with E-state index in [0.717, 1.165) is 12.3 Å². The van der Waals surface area contributed by atoms with E-state index in [2.05, 4.69) is 0 Å². The van der Waals surface area contributed by atoms with Gasteiger partial charge in [-0.15, -0.1) is 0 Å². The Bertz CT molecular complexity index is 328. The molecule has 3 heterocycles. The molecule has 5 nitrogen and oxygen atoms in total. The standard InChI is InChI=1S/C11H17NO4/c1-11(2)15-8-6-12-9(10(8)16-11)7(13-3)4-5-14-12/h4,8-10H,5-6H2,1-3H3/t8-,9+,10-/m0/s1. The molecule has 0 aliphatic carbocycles. The number of rotatable bonds is 1. The number of hydroxylamine groups is 2. The highest BCUT2D eigenvalue weighted by Gasteiger charge is 2.55. The van der Waals surface area contributed by atoms with Crippen molar-refractivity contribution >= 4 is 0 Å². The molecule has 0 saturated carbocycles. The summed E-state index contributed by atoms with van der Waals surface area (Å²) in [4.78, 5) is 5.56. The van der Waals surface area contributed by atoms with Crippen molar-refractivity contribution in [3.8, 4) is 0 Å². The van der Waals surface area contributed by atoms with Gasteiger partial charge in [-0.25, -0.2) is 0 Å². The minimum absolute atomic E-state index is 0.00139. The molecule has 2 saturated heterocycles. The topological polar surface area (TPSA) is 40.2 Å². The molecule has 2 fully saturated rings. The average molecular weight is 227 g/mol. The molecule has 0 amide bonds. The van der Waals surface area contributed by atoms with Crippen LogP contribution < -0.4 is 0 Å². The third-order valence-corrected chi connectivity index (χ3v) is 3.25. The summed E-state index contributed by atoms with van der Waals surface area (Å²) in [6.45, 7) is 5.17. The first-order valence-corrected chi connectivity index (χ1v) is 5.60. The highest BCUT2D eigenvalue weighted by molar-refractivity contribution is 5.15. The van der Waals surface area contributed by atoms with Crippen molar-refractivity contribution in [1.29, 1.82) is 0 Å². The first kappa shape index (κ1) is 10.5. The third-order valence-electron chi connectivity index (χ3n) is 3.25. The van der Waals surface area contributed by atoms with Crippen molar-refractivity contribution in [2.75, 3.05) is 20.3 Å². The van der Waals surface area contributed by atoms with Crippen molar-refractivity contribution in [3.05, 3.63) is 11.8 Å². The zero-order valence-corrected chi connectivity index (χ0v) is 9.80. The summed E-state index contributed by atoms with van der Waals surface area (Å²) in [7, 11) is 1.68. The second kappa shape index (κ2) is 3.43. The van der Waals surface area contributed by atoms with Crippen molar-refractivity contribution in [2.45, 2.75) is 37.9 Å². The predicted molar refractivity (Wildman–Crippen MR) is 55.4 cm³/mol. The minimum Gasteiger partial charge on any atom is -0.499 e. The van der Waals surface area contributed by atoms with Crippen molar-refractivity contribution in [1.82, 2.24) is 5.06 Å². The summed E-state index contributed by atoms with van der Waals surface area (Å²) < 4.78 is 17.1. The van der Waals surface area contributed by atoms with Crippen molar-refractivity contribution < 1.29 is 19.0 Å². The molecule has 16 heavy (non-hydrogen) atoms. The number of fused-ring (bicyclic) bond motifs is 3. The Morgan fingerprint density at radius 3 is 3.00 bits per heavy atom. The first-order chi connectivity index (χ1) is 7.61. The van der Waals surface area contributed by atoms with Gasteiger partial charge in [0.1, 0.15) is 24.0 Å². The van der Waals surface area contributed by atoms with Gasteiger partial charge in [0.05, 0.1) is 20.3 Å². The van der Waals surface area contributed by atoms with E-state index in [1.165, 1.54) is 0 Å². The third kappa shape index (κ3) is 1.47. The molecule has 3 aliphatic rings. The van der Waals surface area contributed by atoms with E-state index in [1.807, 2.05) is 25.0 Å². The zero-order chi connectivity index (χ0) is 11.3. The molecule has 3 aliphatic heterocycles. The van der Waals surface area contributed by atoms with E-state index in [4.69, 9.17) is 19.0 Å². The Morgan fingerprint density at radius 2 is 2.25 bits per heavy atom. The van der Waals surface area contributed by atoms with Crippen LogP contribution in [0.3, 0.4) is 0 Å². The number of hydrogen-bond acceptors (Lipinski definition) is 5. The van der Waals surface area contributed by atoms with Gasteiger partial charge in [0.2, 0.25) is 0 Å². The summed E-state index contributed by atoms with van der Waals surface area (Å²) in [6.07, 6.45) is 2.02. The summed E-state index contributed by atoms with van der Waals surface area (Å²) in [5, 5.41) is 1.91. The SMILES string of the molecule is COC1=CCON2C[C@@H]3OC(C)(C)O[C@@H]3[C@@H]12. The molecule has 0 aromatic carbocycles. The zero-order valence-electron chi connectivity index (χ0n) is 9.80. The predicted octanol–water partition coefficient (Wildman–Crippen LogP) is 0.666. The molecular formula is C11H17NO4. The Morgan fingerprint density at radius 1 is 1.44 bits per heavy atom. The van der Waals surface area contributed by atoms with Crippen LogP contribution in [0.2, 0.25) is 0 Å². The van der Waals surface area contributed by atoms with Crippen molar-refractivity contribution in [3.63, 3.8) is 0 Å². The molecule has 0 spiro atoms. The van der Waals surface area contributed by atoms with Crippen LogP contribution in [0, 0.1) is 0 Å². The number of ether oxygens (including phenoxy) is 3. The summed E-state index contributed by atoms with van der Waals surface area (Å²) in [5.41, 5.74) is 0. The quantitative estimate of drug-likeness (QED) is 0.658. The monoisotopic (exact) mass is 227 g/mol. The minimum atomic E-state index is -0.502. The molecule has 0 N–H and O–H groups in total. The molecule has 0 radical (unpaired) electrons. The summed E-state index contributed by atoms with van der Waals surface area (Å²) >= 11 is 0. The van der Waals surface area contributed by atoms with Crippen LogP contribution in [0.25, 0.3) is 0 Å².